The van der Waals surface area contributed by atoms with Gasteiger partial charge in [-0.05, 0) is 17.7 Å². The van der Waals surface area contributed by atoms with Crippen LogP contribution in [0, 0.1) is 0 Å². The highest BCUT2D eigenvalue weighted by molar-refractivity contribution is 5.73. The molecule has 94 valence electrons. The largest absolute Gasteiger partial charge is 0.479 e. The molecular weight excluding hydrogens is 239 g/mol. The average Bonchev–Trinajstić information content (AvgIpc) is 2.26. The molecule has 17 heavy (non-hydrogen) atoms. The number of aliphatic hydroxyl groups excluding tert-OH is 1. The lowest BCUT2D eigenvalue weighted by Crippen LogP contribution is -2.33. The molecule has 7 heteroatoms. The Labute approximate surface area is 94.5 Å². The molecule has 0 fully saturated rings. The summed E-state index contributed by atoms with van der Waals surface area (Å²) in [7, 11) is 0. The van der Waals surface area contributed by atoms with Crippen molar-refractivity contribution < 1.29 is 28.2 Å². The predicted molar refractivity (Wildman–Crippen MR) is 52.0 cm³/mol. The van der Waals surface area contributed by atoms with Crippen molar-refractivity contribution in [3.63, 3.8) is 0 Å². The average molecular weight is 249 g/mol. The third-order valence-corrected chi connectivity index (χ3v) is 2.22. The number of hydrogen-bond donors (Lipinski definition) is 3. The van der Waals surface area contributed by atoms with Crippen LogP contribution in [-0.2, 0) is 11.0 Å². The molecule has 0 bridgehead atoms. The van der Waals surface area contributed by atoms with Gasteiger partial charge in [0.05, 0.1) is 11.6 Å². The molecule has 0 radical (unpaired) electrons. The molecule has 0 amide bonds. The van der Waals surface area contributed by atoms with Crippen LogP contribution >= 0.6 is 0 Å². The highest BCUT2D eigenvalue weighted by Crippen LogP contribution is 2.29. The van der Waals surface area contributed by atoms with Gasteiger partial charge in [-0.15, -0.1) is 0 Å². The monoisotopic (exact) mass is 249 g/mol. The molecule has 1 rings (SSSR count). The summed E-state index contributed by atoms with van der Waals surface area (Å²) >= 11 is 0. The van der Waals surface area contributed by atoms with Gasteiger partial charge in [-0.1, -0.05) is 12.1 Å². The zero-order chi connectivity index (χ0) is 13.2. The number of carboxylic acid groups (broad SMARTS) is 1. The van der Waals surface area contributed by atoms with Gasteiger partial charge in [0.15, 0.2) is 6.10 Å². The summed E-state index contributed by atoms with van der Waals surface area (Å²) in [4.78, 5) is 10.4. The SMILES string of the molecule is N[C@@H](c1ccc(C(F)(F)F)cc1)[C@H](O)C(=O)O. The molecular formula is C10H10F3NO3. The summed E-state index contributed by atoms with van der Waals surface area (Å²) in [6.45, 7) is 0. The first kappa shape index (κ1) is 13.5. The maximum Gasteiger partial charge on any atom is 0.416 e. The topological polar surface area (TPSA) is 83.5 Å². The van der Waals surface area contributed by atoms with E-state index < -0.39 is 29.9 Å². The van der Waals surface area contributed by atoms with Crippen LogP contribution in [0.25, 0.3) is 0 Å². The van der Waals surface area contributed by atoms with Crippen molar-refractivity contribution in [1.82, 2.24) is 0 Å². The van der Waals surface area contributed by atoms with E-state index in [9.17, 15) is 18.0 Å². The Bertz CT molecular complexity index is 402. The molecule has 4 N–H and O–H groups in total. The Hall–Kier alpha value is -1.60. The number of aliphatic hydroxyl groups is 1. The Morgan fingerprint density at radius 2 is 1.71 bits per heavy atom. The lowest BCUT2D eigenvalue weighted by atomic mass is 10.0. The van der Waals surface area contributed by atoms with Crippen molar-refractivity contribution in [2.24, 2.45) is 5.73 Å². The van der Waals surface area contributed by atoms with Gasteiger partial charge in [0.25, 0.3) is 0 Å². The molecule has 0 aromatic heterocycles. The molecule has 0 aliphatic carbocycles. The summed E-state index contributed by atoms with van der Waals surface area (Å²) in [5.74, 6) is -1.53. The van der Waals surface area contributed by atoms with Gasteiger partial charge in [-0.3, -0.25) is 0 Å². The van der Waals surface area contributed by atoms with Crippen molar-refractivity contribution in [3.8, 4) is 0 Å². The van der Waals surface area contributed by atoms with E-state index in [1.54, 1.807) is 0 Å². The summed E-state index contributed by atoms with van der Waals surface area (Å²) in [5.41, 5.74) is 4.64. The van der Waals surface area contributed by atoms with E-state index in [-0.39, 0.29) is 5.56 Å². The fraction of sp³-hybridized carbons (Fsp3) is 0.300. The van der Waals surface area contributed by atoms with E-state index in [2.05, 4.69) is 0 Å². The Morgan fingerprint density at radius 3 is 2.06 bits per heavy atom. The Kier molecular flexibility index (Phi) is 3.74. The number of aliphatic carboxylic acids is 1. The number of nitrogens with two attached hydrogens (primary N) is 1. The van der Waals surface area contributed by atoms with Gasteiger partial charge >= 0.3 is 12.1 Å². The molecule has 1 aromatic carbocycles. The van der Waals surface area contributed by atoms with E-state index in [1.165, 1.54) is 0 Å². The van der Waals surface area contributed by atoms with E-state index in [0.717, 1.165) is 24.3 Å². The van der Waals surface area contributed by atoms with Crippen molar-refractivity contribution in [2.45, 2.75) is 18.3 Å². The van der Waals surface area contributed by atoms with E-state index in [1.807, 2.05) is 0 Å². The predicted octanol–water partition coefficient (Wildman–Crippen LogP) is 1.15. The minimum atomic E-state index is -4.46. The number of benzene rings is 1. The number of hydrogen-bond acceptors (Lipinski definition) is 3. The highest BCUT2D eigenvalue weighted by Gasteiger charge is 2.31. The molecule has 0 unspecified atom stereocenters. The fourth-order valence-corrected chi connectivity index (χ4v) is 1.23. The Morgan fingerprint density at radius 1 is 1.24 bits per heavy atom. The quantitative estimate of drug-likeness (QED) is 0.750. The highest BCUT2D eigenvalue weighted by atomic mass is 19.4. The number of carboxylic acids is 1. The van der Waals surface area contributed by atoms with Crippen molar-refractivity contribution in [2.75, 3.05) is 0 Å². The van der Waals surface area contributed by atoms with Crippen LogP contribution in [0.15, 0.2) is 24.3 Å². The van der Waals surface area contributed by atoms with Gasteiger partial charge in [-0.25, -0.2) is 4.79 Å². The van der Waals surface area contributed by atoms with Crippen LogP contribution in [0.2, 0.25) is 0 Å². The molecule has 2 atom stereocenters. The van der Waals surface area contributed by atoms with Gasteiger partial charge in [0.2, 0.25) is 0 Å². The van der Waals surface area contributed by atoms with Crippen LogP contribution in [-0.4, -0.2) is 22.3 Å². The first-order valence-electron chi connectivity index (χ1n) is 4.57. The third kappa shape index (κ3) is 3.18. The van der Waals surface area contributed by atoms with Crippen molar-refractivity contribution >= 4 is 5.97 Å². The second-order valence-corrected chi connectivity index (χ2v) is 3.43. The minimum absolute atomic E-state index is 0.118. The Balaban J connectivity index is 2.92. The summed E-state index contributed by atoms with van der Waals surface area (Å²) in [5, 5.41) is 17.6. The van der Waals surface area contributed by atoms with Crippen LogP contribution < -0.4 is 5.73 Å². The number of alkyl halides is 3. The van der Waals surface area contributed by atoms with Gasteiger partial charge in [-0.2, -0.15) is 13.2 Å². The molecule has 0 aliphatic heterocycles. The molecule has 4 nitrogen and oxygen atoms in total. The maximum atomic E-state index is 12.2. The van der Waals surface area contributed by atoms with Gasteiger partial charge < -0.3 is 15.9 Å². The standard InChI is InChI=1S/C10H10F3NO3/c11-10(12,13)6-3-1-5(2-4-6)7(14)8(15)9(16)17/h1-4,7-8,15H,14H2,(H,16,17)/t7-,8-/m0/s1. The number of carbonyl (C=O) groups is 1. The van der Waals surface area contributed by atoms with E-state index in [0.29, 0.717) is 0 Å². The molecule has 0 aliphatic rings. The van der Waals surface area contributed by atoms with E-state index >= 15 is 0 Å². The number of halogens is 3. The summed E-state index contributed by atoms with van der Waals surface area (Å²) in [6.07, 6.45) is -6.32. The van der Waals surface area contributed by atoms with Crippen LogP contribution in [0.1, 0.15) is 17.2 Å². The van der Waals surface area contributed by atoms with Gasteiger partial charge in [0.1, 0.15) is 0 Å². The van der Waals surface area contributed by atoms with Gasteiger partial charge in [0, 0.05) is 0 Å². The van der Waals surface area contributed by atoms with Crippen molar-refractivity contribution in [3.05, 3.63) is 35.4 Å². The second-order valence-electron chi connectivity index (χ2n) is 3.43. The molecule has 0 saturated carbocycles. The molecule has 0 saturated heterocycles. The zero-order valence-corrected chi connectivity index (χ0v) is 8.48. The van der Waals surface area contributed by atoms with Crippen molar-refractivity contribution in [1.29, 1.82) is 0 Å². The normalized spacial score (nSPS) is 15.4. The van der Waals surface area contributed by atoms with Crippen LogP contribution in [0.5, 0.6) is 0 Å². The fourth-order valence-electron chi connectivity index (χ4n) is 1.23. The first-order chi connectivity index (χ1) is 7.73. The molecule has 1 aromatic rings. The summed E-state index contributed by atoms with van der Waals surface area (Å²) in [6, 6.07) is 2.38. The minimum Gasteiger partial charge on any atom is -0.479 e. The molecule has 0 heterocycles. The lowest BCUT2D eigenvalue weighted by Gasteiger charge is -2.16. The van der Waals surface area contributed by atoms with Crippen LogP contribution in [0.4, 0.5) is 13.2 Å². The lowest BCUT2D eigenvalue weighted by molar-refractivity contribution is -0.147. The molecule has 0 spiro atoms. The third-order valence-electron chi connectivity index (χ3n) is 2.22. The first-order valence-corrected chi connectivity index (χ1v) is 4.57. The second kappa shape index (κ2) is 4.72. The number of rotatable bonds is 3. The summed E-state index contributed by atoms with van der Waals surface area (Å²) < 4.78 is 36.7. The smallest absolute Gasteiger partial charge is 0.416 e. The zero-order valence-electron chi connectivity index (χ0n) is 8.48. The van der Waals surface area contributed by atoms with Crippen LogP contribution in [0.3, 0.4) is 0 Å². The maximum absolute atomic E-state index is 12.2. The van der Waals surface area contributed by atoms with E-state index in [4.69, 9.17) is 15.9 Å².